The number of hydrogen-bond donors (Lipinski definition) is 2. The van der Waals surface area contributed by atoms with Gasteiger partial charge < -0.3 is 20.2 Å². The van der Waals surface area contributed by atoms with Gasteiger partial charge in [-0.3, -0.25) is 0 Å². The van der Waals surface area contributed by atoms with E-state index in [-0.39, 0.29) is 5.60 Å². The molecule has 16 heavy (non-hydrogen) atoms. The molecular weight excluding hydrogens is 208 g/mol. The van der Waals surface area contributed by atoms with Gasteiger partial charge in [0, 0.05) is 26.6 Å². The molecule has 1 aromatic rings. The zero-order valence-electron chi connectivity index (χ0n) is 9.53. The third-order valence-electron chi connectivity index (χ3n) is 3.08. The SMILES string of the molecule is COC1(CNc2nnc(CCN)o2)CCC1. The van der Waals surface area contributed by atoms with Crippen LogP contribution in [0.25, 0.3) is 0 Å². The summed E-state index contributed by atoms with van der Waals surface area (Å²) in [5.41, 5.74) is 5.36. The van der Waals surface area contributed by atoms with Crippen molar-refractivity contribution in [1.82, 2.24) is 10.2 Å². The standard InChI is InChI=1S/C10H18N4O2/c1-15-10(4-2-5-10)7-12-9-14-13-8(16-9)3-6-11/h2-7,11H2,1H3,(H,12,14). The van der Waals surface area contributed by atoms with Crippen LogP contribution in [0, 0.1) is 0 Å². The van der Waals surface area contributed by atoms with E-state index < -0.39 is 0 Å². The van der Waals surface area contributed by atoms with E-state index in [1.165, 1.54) is 6.42 Å². The maximum absolute atomic E-state index is 5.48. The fraction of sp³-hybridized carbons (Fsp3) is 0.800. The number of aromatic nitrogens is 2. The summed E-state index contributed by atoms with van der Waals surface area (Å²) in [7, 11) is 1.74. The Bertz CT molecular complexity index is 330. The minimum Gasteiger partial charge on any atom is -0.408 e. The van der Waals surface area contributed by atoms with E-state index in [9.17, 15) is 0 Å². The predicted molar refractivity (Wildman–Crippen MR) is 59.1 cm³/mol. The van der Waals surface area contributed by atoms with Gasteiger partial charge in [-0.25, -0.2) is 0 Å². The van der Waals surface area contributed by atoms with Gasteiger partial charge in [-0.2, -0.15) is 0 Å². The van der Waals surface area contributed by atoms with Crippen molar-refractivity contribution in [3.8, 4) is 0 Å². The van der Waals surface area contributed by atoms with E-state index in [2.05, 4.69) is 15.5 Å². The smallest absolute Gasteiger partial charge is 0.315 e. The second kappa shape index (κ2) is 4.80. The van der Waals surface area contributed by atoms with Crippen LogP contribution in [-0.4, -0.2) is 36.0 Å². The van der Waals surface area contributed by atoms with E-state index in [0.717, 1.165) is 12.8 Å². The molecule has 6 heteroatoms. The molecule has 0 radical (unpaired) electrons. The van der Waals surface area contributed by atoms with Crippen molar-refractivity contribution in [1.29, 1.82) is 0 Å². The van der Waals surface area contributed by atoms with Crippen LogP contribution in [0.1, 0.15) is 25.2 Å². The zero-order chi connectivity index (χ0) is 11.4. The zero-order valence-corrected chi connectivity index (χ0v) is 9.53. The van der Waals surface area contributed by atoms with E-state index in [1.54, 1.807) is 7.11 Å². The van der Waals surface area contributed by atoms with Crippen LogP contribution in [0.5, 0.6) is 0 Å². The van der Waals surface area contributed by atoms with Gasteiger partial charge in [0.15, 0.2) is 0 Å². The van der Waals surface area contributed by atoms with Crippen LogP contribution < -0.4 is 11.1 Å². The molecule has 0 bridgehead atoms. The number of methoxy groups -OCH3 is 1. The lowest BCUT2D eigenvalue weighted by molar-refractivity contribution is -0.0604. The first-order valence-corrected chi connectivity index (χ1v) is 5.59. The third kappa shape index (κ3) is 2.33. The Morgan fingerprint density at radius 1 is 1.50 bits per heavy atom. The molecule has 90 valence electrons. The fourth-order valence-corrected chi connectivity index (χ4v) is 1.81. The second-order valence-electron chi connectivity index (χ2n) is 4.13. The number of nitrogens with one attached hydrogen (secondary N) is 1. The Morgan fingerprint density at radius 2 is 2.31 bits per heavy atom. The summed E-state index contributed by atoms with van der Waals surface area (Å²) in [6, 6.07) is 0.451. The van der Waals surface area contributed by atoms with Crippen molar-refractivity contribution in [2.75, 3.05) is 25.5 Å². The summed E-state index contributed by atoms with van der Waals surface area (Å²) >= 11 is 0. The molecule has 0 spiro atoms. The molecule has 0 aliphatic heterocycles. The van der Waals surface area contributed by atoms with Crippen molar-refractivity contribution < 1.29 is 9.15 Å². The molecule has 6 nitrogen and oxygen atoms in total. The van der Waals surface area contributed by atoms with Gasteiger partial charge in [-0.05, 0) is 19.3 Å². The van der Waals surface area contributed by atoms with Gasteiger partial charge in [-0.15, -0.1) is 5.10 Å². The molecule has 0 unspecified atom stereocenters. The molecule has 0 aromatic carbocycles. The summed E-state index contributed by atoms with van der Waals surface area (Å²) in [6.45, 7) is 1.23. The molecular formula is C10H18N4O2. The summed E-state index contributed by atoms with van der Waals surface area (Å²) in [5, 5.41) is 10.9. The van der Waals surface area contributed by atoms with Gasteiger partial charge >= 0.3 is 6.01 Å². The first-order valence-electron chi connectivity index (χ1n) is 5.59. The molecule has 1 fully saturated rings. The number of ether oxygens (including phenoxy) is 1. The second-order valence-corrected chi connectivity index (χ2v) is 4.13. The molecule has 1 aliphatic carbocycles. The number of nitrogens with zero attached hydrogens (tertiary/aromatic N) is 2. The average molecular weight is 226 g/mol. The molecule has 1 heterocycles. The summed E-state index contributed by atoms with van der Waals surface area (Å²) < 4.78 is 10.8. The molecule has 0 atom stereocenters. The van der Waals surface area contributed by atoms with E-state index in [4.69, 9.17) is 14.9 Å². The lowest BCUT2D eigenvalue weighted by atomic mass is 9.80. The molecule has 0 saturated heterocycles. The summed E-state index contributed by atoms with van der Waals surface area (Å²) in [6.07, 6.45) is 4.00. The van der Waals surface area contributed by atoms with Crippen LogP contribution in [0.4, 0.5) is 6.01 Å². The van der Waals surface area contributed by atoms with Crippen LogP contribution in [0.3, 0.4) is 0 Å². The Labute approximate surface area is 94.6 Å². The topological polar surface area (TPSA) is 86.2 Å². The maximum atomic E-state index is 5.48. The Hall–Kier alpha value is -1.14. The lowest BCUT2D eigenvalue weighted by Crippen LogP contribution is -2.45. The van der Waals surface area contributed by atoms with Gasteiger partial charge in [0.1, 0.15) is 0 Å². The van der Waals surface area contributed by atoms with Crippen LogP contribution in [0.2, 0.25) is 0 Å². The highest BCUT2D eigenvalue weighted by molar-refractivity contribution is 5.19. The Morgan fingerprint density at radius 3 is 2.88 bits per heavy atom. The van der Waals surface area contributed by atoms with Crippen LogP contribution >= 0.6 is 0 Å². The lowest BCUT2D eigenvalue weighted by Gasteiger charge is -2.40. The highest BCUT2D eigenvalue weighted by atomic mass is 16.5. The predicted octanol–water partition coefficient (Wildman–Crippen LogP) is 0.552. The van der Waals surface area contributed by atoms with Crippen LogP contribution in [0.15, 0.2) is 4.42 Å². The van der Waals surface area contributed by atoms with E-state index in [1.807, 2.05) is 0 Å². The molecule has 3 N–H and O–H groups in total. The summed E-state index contributed by atoms with van der Waals surface area (Å²) in [5.74, 6) is 0.574. The summed E-state index contributed by atoms with van der Waals surface area (Å²) in [4.78, 5) is 0. The Kier molecular flexibility index (Phi) is 3.40. The minimum absolute atomic E-state index is 0.0392. The van der Waals surface area contributed by atoms with E-state index >= 15 is 0 Å². The fourth-order valence-electron chi connectivity index (χ4n) is 1.81. The first kappa shape index (κ1) is 11.3. The van der Waals surface area contributed by atoms with E-state index in [0.29, 0.717) is 31.4 Å². The van der Waals surface area contributed by atoms with Gasteiger partial charge in [-0.1, -0.05) is 5.10 Å². The number of hydrogen-bond acceptors (Lipinski definition) is 6. The molecule has 1 saturated carbocycles. The average Bonchev–Trinajstić information content (AvgIpc) is 2.66. The van der Waals surface area contributed by atoms with Crippen molar-refractivity contribution in [3.05, 3.63) is 5.89 Å². The quantitative estimate of drug-likeness (QED) is 0.736. The maximum Gasteiger partial charge on any atom is 0.315 e. The van der Waals surface area contributed by atoms with Crippen molar-refractivity contribution in [2.24, 2.45) is 5.73 Å². The first-order chi connectivity index (χ1) is 7.78. The number of nitrogens with two attached hydrogens (primary N) is 1. The largest absolute Gasteiger partial charge is 0.408 e. The molecule has 2 rings (SSSR count). The minimum atomic E-state index is -0.0392. The van der Waals surface area contributed by atoms with Crippen molar-refractivity contribution in [3.63, 3.8) is 0 Å². The Balaban J connectivity index is 1.84. The van der Waals surface area contributed by atoms with Gasteiger partial charge in [0.2, 0.25) is 5.89 Å². The van der Waals surface area contributed by atoms with Crippen molar-refractivity contribution in [2.45, 2.75) is 31.3 Å². The highest BCUT2D eigenvalue weighted by Gasteiger charge is 2.37. The monoisotopic (exact) mass is 226 g/mol. The highest BCUT2D eigenvalue weighted by Crippen LogP contribution is 2.34. The number of anilines is 1. The van der Waals surface area contributed by atoms with Crippen molar-refractivity contribution >= 4 is 6.01 Å². The van der Waals surface area contributed by atoms with Gasteiger partial charge in [0.25, 0.3) is 0 Å². The molecule has 1 aliphatic rings. The molecule has 1 aromatic heterocycles. The van der Waals surface area contributed by atoms with Gasteiger partial charge in [0.05, 0.1) is 5.60 Å². The van der Waals surface area contributed by atoms with Crippen LogP contribution in [-0.2, 0) is 11.2 Å². The molecule has 0 amide bonds. The normalized spacial score (nSPS) is 18.1. The number of rotatable bonds is 6. The third-order valence-corrected chi connectivity index (χ3v) is 3.08.